The standard InChI is InChI=1S/C7H2Cl2N2O2/c8-6-4-1-3(2-12)13-5(4)7(9)11-10-6/h1-2H. The third-order valence-corrected chi connectivity index (χ3v) is 2.03. The summed E-state index contributed by atoms with van der Waals surface area (Å²) in [5.74, 6) is 0.147. The SMILES string of the molecule is O=Cc1cc2c(Cl)nnc(Cl)c2o1. The van der Waals surface area contributed by atoms with Crippen LogP contribution in [0.15, 0.2) is 10.5 Å². The molecule has 2 heterocycles. The average molecular weight is 217 g/mol. The fraction of sp³-hybridized carbons (Fsp3) is 0. The van der Waals surface area contributed by atoms with E-state index in [-0.39, 0.29) is 21.6 Å². The molecule has 6 heteroatoms. The van der Waals surface area contributed by atoms with Crippen LogP contribution in [0.5, 0.6) is 0 Å². The van der Waals surface area contributed by atoms with Gasteiger partial charge in [0, 0.05) is 0 Å². The lowest BCUT2D eigenvalue weighted by Gasteiger charge is -1.90. The lowest BCUT2D eigenvalue weighted by atomic mass is 10.3. The molecule has 2 aromatic heterocycles. The first-order valence-corrected chi connectivity index (χ1v) is 4.04. The van der Waals surface area contributed by atoms with Gasteiger partial charge in [-0.2, -0.15) is 0 Å². The normalized spacial score (nSPS) is 10.6. The molecule has 0 aliphatic rings. The number of carbonyl (C=O) groups excluding carboxylic acids is 1. The van der Waals surface area contributed by atoms with Crippen LogP contribution in [0.3, 0.4) is 0 Å². The van der Waals surface area contributed by atoms with Crippen LogP contribution >= 0.6 is 23.2 Å². The fourth-order valence-electron chi connectivity index (χ4n) is 0.962. The number of halogens is 2. The minimum absolute atomic E-state index is 0.0903. The molecule has 0 radical (unpaired) electrons. The monoisotopic (exact) mass is 216 g/mol. The number of fused-ring (bicyclic) bond motifs is 1. The smallest absolute Gasteiger partial charge is 0.195 e. The molecule has 0 saturated carbocycles. The Morgan fingerprint density at radius 2 is 2.00 bits per heavy atom. The summed E-state index contributed by atoms with van der Waals surface area (Å²) in [6.07, 6.45) is 0.562. The molecule has 2 rings (SSSR count). The number of hydrogen-bond acceptors (Lipinski definition) is 4. The van der Waals surface area contributed by atoms with Gasteiger partial charge >= 0.3 is 0 Å². The molecule has 2 aromatic rings. The first-order valence-electron chi connectivity index (χ1n) is 3.29. The average Bonchev–Trinajstić information content (AvgIpc) is 2.56. The molecule has 0 unspecified atom stereocenters. The number of carbonyl (C=O) groups is 1. The zero-order valence-corrected chi connectivity index (χ0v) is 7.63. The first kappa shape index (κ1) is 8.47. The quantitative estimate of drug-likeness (QED) is 0.687. The Morgan fingerprint density at radius 1 is 1.31 bits per heavy atom. The van der Waals surface area contributed by atoms with E-state index < -0.39 is 0 Å². The van der Waals surface area contributed by atoms with Gasteiger partial charge < -0.3 is 4.42 Å². The molecule has 0 aliphatic carbocycles. The van der Waals surface area contributed by atoms with E-state index in [4.69, 9.17) is 27.6 Å². The summed E-state index contributed by atoms with van der Waals surface area (Å²) in [7, 11) is 0. The van der Waals surface area contributed by atoms with Crippen molar-refractivity contribution < 1.29 is 9.21 Å². The van der Waals surface area contributed by atoms with Crippen molar-refractivity contribution in [3.63, 3.8) is 0 Å². The van der Waals surface area contributed by atoms with Gasteiger partial charge in [-0.1, -0.05) is 23.2 Å². The summed E-state index contributed by atoms with van der Waals surface area (Å²) in [5.41, 5.74) is 0.281. The van der Waals surface area contributed by atoms with E-state index in [2.05, 4.69) is 10.2 Å². The van der Waals surface area contributed by atoms with Crippen LogP contribution in [-0.4, -0.2) is 16.5 Å². The van der Waals surface area contributed by atoms with Gasteiger partial charge in [0.25, 0.3) is 0 Å². The fourth-order valence-corrected chi connectivity index (χ4v) is 1.32. The largest absolute Gasteiger partial charge is 0.450 e. The van der Waals surface area contributed by atoms with Crippen molar-refractivity contribution >= 4 is 40.5 Å². The summed E-state index contributed by atoms with van der Waals surface area (Å²) in [5, 5.41) is 7.83. The predicted molar refractivity (Wildman–Crippen MR) is 47.2 cm³/mol. The zero-order valence-electron chi connectivity index (χ0n) is 6.12. The molecule has 0 spiro atoms. The maximum absolute atomic E-state index is 10.4. The van der Waals surface area contributed by atoms with Crippen molar-refractivity contribution in [2.24, 2.45) is 0 Å². The number of hydrogen-bond donors (Lipinski definition) is 0. The van der Waals surface area contributed by atoms with Gasteiger partial charge in [0.15, 0.2) is 27.9 Å². The van der Waals surface area contributed by atoms with E-state index in [0.29, 0.717) is 11.7 Å². The number of rotatable bonds is 1. The van der Waals surface area contributed by atoms with Crippen molar-refractivity contribution in [1.82, 2.24) is 10.2 Å². The minimum atomic E-state index is 0.0903. The maximum atomic E-state index is 10.4. The lowest BCUT2D eigenvalue weighted by molar-refractivity contribution is 0.110. The van der Waals surface area contributed by atoms with E-state index >= 15 is 0 Å². The van der Waals surface area contributed by atoms with Crippen LogP contribution in [0.4, 0.5) is 0 Å². The molecule has 0 saturated heterocycles. The van der Waals surface area contributed by atoms with Crippen LogP contribution < -0.4 is 0 Å². The summed E-state index contributed by atoms with van der Waals surface area (Å²) in [6, 6.07) is 1.46. The van der Waals surface area contributed by atoms with Crippen molar-refractivity contribution in [2.45, 2.75) is 0 Å². The van der Waals surface area contributed by atoms with E-state index in [9.17, 15) is 4.79 Å². The highest BCUT2D eigenvalue weighted by atomic mass is 35.5. The van der Waals surface area contributed by atoms with Crippen LogP contribution in [0, 0.1) is 0 Å². The second kappa shape index (κ2) is 2.97. The molecule has 0 aliphatic heterocycles. The lowest BCUT2D eigenvalue weighted by Crippen LogP contribution is -1.82. The van der Waals surface area contributed by atoms with Crippen molar-refractivity contribution in [1.29, 1.82) is 0 Å². The van der Waals surface area contributed by atoms with Gasteiger partial charge in [-0.15, -0.1) is 10.2 Å². The Labute approximate surface area is 82.4 Å². The van der Waals surface area contributed by atoms with E-state index in [1.807, 2.05) is 0 Å². The minimum Gasteiger partial charge on any atom is -0.450 e. The van der Waals surface area contributed by atoms with Crippen LogP contribution in [0.25, 0.3) is 11.0 Å². The summed E-state index contributed by atoms with van der Waals surface area (Å²) in [4.78, 5) is 10.4. The maximum Gasteiger partial charge on any atom is 0.195 e. The molecule has 13 heavy (non-hydrogen) atoms. The Bertz CT molecular complexity index is 442. The van der Waals surface area contributed by atoms with Crippen LogP contribution in [0.1, 0.15) is 10.6 Å². The number of furan rings is 1. The van der Waals surface area contributed by atoms with Crippen molar-refractivity contribution in [3.8, 4) is 0 Å². The molecular weight excluding hydrogens is 215 g/mol. The summed E-state index contributed by atoms with van der Waals surface area (Å²) < 4.78 is 5.04. The third kappa shape index (κ3) is 1.28. The van der Waals surface area contributed by atoms with Gasteiger partial charge in [-0.25, -0.2) is 0 Å². The Morgan fingerprint density at radius 3 is 2.62 bits per heavy atom. The zero-order chi connectivity index (χ0) is 9.42. The van der Waals surface area contributed by atoms with Gasteiger partial charge in [0.2, 0.25) is 0 Å². The first-order chi connectivity index (χ1) is 6.22. The molecule has 0 fully saturated rings. The van der Waals surface area contributed by atoms with E-state index in [0.717, 1.165) is 0 Å². The molecule has 0 bridgehead atoms. The van der Waals surface area contributed by atoms with Crippen LogP contribution in [0.2, 0.25) is 10.3 Å². The predicted octanol–water partition coefficient (Wildman–Crippen LogP) is 2.34. The molecule has 0 amide bonds. The highest BCUT2D eigenvalue weighted by molar-refractivity contribution is 6.37. The van der Waals surface area contributed by atoms with Crippen LogP contribution in [-0.2, 0) is 0 Å². The van der Waals surface area contributed by atoms with Gasteiger partial charge in [-0.3, -0.25) is 4.79 Å². The summed E-state index contributed by atoms with van der Waals surface area (Å²) in [6.45, 7) is 0. The second-order valence-electron chi connectivity index (χ2n) is 2.29. The second-order valence-corrected chi connectivity index (χ2v) is 3.01. The molecule has 0 N–H and O–H groups in total. The van der Waals surface area contributed by atoms with Crippen molar-refractivity contribution in [3.05, 3.63) is 22.1 Å². The Kier molecular flexibility index (Phi) is 1.94. The van der Waals surface area contributed by atoms with Gasteiger partial charge in [0.1, 0.15) is 0 Å². The molecule has 4 nitrogen and oxygen atoms in total. The highest BCUT2D eigenvalue weighted by Crippen LogP contribution is 2.28. The van der Waals surface area contributed by atoms with Crippen molar-refractivity contribution in [2.75, 3.05) is 0 Å². The Balaban J connectivity index is 2.87. The van der Waals surface area contributed by atoms with E-state index in [1.165, 1.54) is 6.07 Å². The number of nitrogens with zero attached hydrogens (tertiary/aromatic N) is 2. The molecule has 66 valence electrons. The van der Waals surface area contributed by atoms with Gasteiger partial charge in [-0.05, 0) is 6.07 Å². The number of aromatic nitrogens is 2. The number of aldehydes is 1. The highest BCUT2D eigenvalue weighted by Gasteiger charge is 2.11. The molecule has 0 aromatic carbocycles. The van der Waals surface area contributed by atoms with E-state index in [1.54, 1.807) is 0 Å². The summed E-state index contributed by atoms with van der Waals surface area (Å²) >= 11 is 11.3. The Hall–Kier alpha value is -1.13. The molecule has 0 atom stereocenters. The van der Waals surface area contributed by atoms with Gasteiger partial charge in [0.05, 0.1) is 5.39 Å². The third-order valence-electron chi connectivity index (χ3n) is 1.50. The topological polar surface area (TPSA) is 56.0 Å². The molecular formula is C7H2Cl2N2O2.